The summed E-state index contributed by atoms with van der Waals surface area (Å²) in [6.07, 6.45) is 6.75. The minimum Gasteiger partial charge on any atom is -0.352 e. The summed E-state index contributed by atoms with van der Waals surface area (Å²) in [7, 11) is 0. The Morgan fingerprint density at radius 1 is 1.03 bits per heavy atom. The maximum Gasteiger partial charge on any atom is 0.254 e. The van der Waals surface area contributed by atoms with Crippen LogP contribution >= 0.6 is 0 Å². The van der Waals surface area contributed by atoms with Gasteiger partial charge in [-0.2, -0.15) is 5.10 Å². The molecule has 0 aliphatic carbocycles. The molecule has 0 bridgehead atoms. The molecule has 4 aromatic rings. The van der Waals surface area contributed by atoms with Gasteiger partial charge < -0.3 is 5.32 Å². The number of amides is 1. The van der Waals surface area contributed by atoms with E-state index in [1.54, 1.807) is 16.9 Å². The number of aromatic nitrogens is 4. The standard InChI is InChI=1S/C27H30N6O/c1-20-23(18-30-26-17-25(31-33(20)26)24-9-5-6-13-28-24)27(34)29-14-10-21-11-15-32(16-12-21)19-22-7-3-2-4-8-22/h2-9,13,17-18,21H,10-12,14-16,19H2,1H3,(H,29,34). The second-order valence-electron chi connectivity index (χ2n) is 9.02. The molecule has 3 aromatic heterocycles. The molecule has 0 atom stereocenters. The van der Waals surface area contributed by atoms with Gasteiger partial charge in [-0.3, -0.25) is 14.7 Å². The third-order valence-corrected chi connectivity index (χ3v) is 6.69. The lowest BCUT2D eigenvalue weighted by Crippen LogP contribution is -2.35. The van der Waals surface area contributed by atoms with E-state index in [1.165, 1.54) is 18.4 Å². The third-order valence-electron chi connectivity index (χ3n) is 6.69. The van der Waals surface area contributed by atoms with E-state index in [1.807, 2.05) is 31.2 Å². The van der Waals surface area contributed by atoms with E-state index in [0.717, 1.165) is 43.1 Å². The first-order valence-electron chi connectivity index (χ1n) is 12.0. The van der Waals surface area contributed by atoms with E-state index < -0.39 is 0 Å². The molecule has 1 aliphatic rings. The van der Waals surface area contributed by atoms with Crippen molar-refractivity contribution in [2.24, 2.45) is 5.92 Å². The number of hydrogen-bond acceptors (Lipinski definition) is 5. The molecule has 174 valence electrons. The van der Waals surface area contributed by atoms with E-state index in [-0.39, 0.29) is 5.91 Å². The molecule has 1 amide bonds. The quantitative estimate of drug-likeness (QED) is 0.454. The number of likely N-dealkylation sites (tertiary alicyclic amines) is 1. The van der Waals surface area contributed by atoms with Crippen molar-refractivity contribution in [1.82, 2.24) is 29.8 Å². The summed E-state index contributed by atoms with van der Waals surface area (Å²) < 4.78 is 1.72. The number of nitrogens with zero attached hydrogens (tertiary/aromatic N) is 5. The van der Waals surface area contributed by atoms with Crippen LogP contribution in [-0.4, -0.2) is 50.0 Å². The van der Waals surface area contributed by atoms with Crippen molar-refractivity contribution in [3.8, 4) is 11.4 Å². The zero-order valence-corrected chi connectivity index (χ0v) is 19.5. The number of carbonyl (C=O) groups excluding carboxylic acids is 1. The first kappa shape index (κ1) is 22.2. The van der Waals surface area contributed by atoms with Crippen LogP contribution in [0.2, 0.25) is 0 Å². The van der Waals surface area contributed by atoms with Crippen molar-refractivity contribution in [2.75, 3.05) is 19.6 Å². The van der Waals surface area contributed by atoms with E-state index >= 15 is 0 Å². The highest BCUT2D eigenvalue weighted by molar-refractivity contribution is 5.95. The average molecular weight is 455 g/mol. The Morgan fingerprint density at radius 3 is 2.59 bits per heavy atom. The SMILES string of the molecule is Cc1c(C(=O)NCCC2CCN(Cc3ccccc3)CC2)cnc2cc(-c3ccccn3)nn12. The molecule has 7 heteroatoms. The Labute approximate surface area is 199 Å². The zero-order valence-electron chi connectivity index (χ0n) is 19.5. The average Bonchev–Trinajstić information content (AvgIpc) is 3.32. The molecular formula is C27H30N6O. The van der Waals surface area contributed by atoms with Crippen LogP contribution in [0.5, 0.6) is 0 Å². The number of benzene rings is 1. The van der Waals surface area contributed by atoms with Crippen LogP contribution in [0.25, 0.3) is 17.0 Å². The van der Waals surface area contributed by atoms with Crippen molar-refractivity contribution in [1.29, 1.82) is 0 Å². The van der Waals surface area contributed by atoms with Gasteiger partial charge in [-0.1, -0.05) is 36.4 Å². The summed E-state index contributed by atoms with van der Waals surface area (Å²) in [5.74, 6) is 0.560. The van der Waals surface area contributed by atoms with Gasteiger partial charge in [0.25, 0.3) is 5.91 Å². The molecule has 1 fully saturated rings. The van der Waals surface area contributed by atoms with Gasteiger partial charge in [0.2, 0.25) is 0 Å². The Balaban J connectivity index is 1.14. The second-order valence-corrected chi connectivity index (χ2v) is 9.02. The maximum atomic E-state index is 12.9. The van der Waals surface area contributed by atoms with Crippen molar-refractivity contribution in [3.05, 3.63) is 83.8 Å². The van der Waals surface area contributed by atoms with Crippen molar-refractivity contribution in [3.63, 3.8) is 0 Å². The lowest BCUT2D eigenvalue weighted by molar-refractivity contribution is 0.0946. The molecule has 0 unspecified atom stereocenters. The minimum absolute atomic E-state index is 0.0942. The number of carbonyl (C=O) groups is 1. The second kappa shape index (κ2) is 10.1. The van der Waals surface area contributed by atoms with Gasteiger partial charge in [-0.15, -0.1) is 0 Å². The minimum atomic E-state index is -0.0942. The lowest BCUT2D eigenvalue weighted by atomic mass is 9.93. The maximum absolute atomic E-state index is 12.9. The summed E-state index contributed by atoms with van der Waals surface area (Å²) in [4.78, 5) is 24.2. The van der Waals surface area contributed by atoms with Gasteiger partial charge in [0.15, 0.2) is 5.65 Å². The summed E-state index contributed by atoms with van der Waals surface area (Å²) in [6, 6.07) is 18.3. The number of piperidine rings is 1. The fourth-order valence-electron chi connectivity index (χ4n) is 4.67. The highest BCUT2D eigenvalue weighted by Crippen LogP contribution is 2.22. The van der Waals surface area contributed by atoms with Gasteiger partial charge in [0.1, 0.15) is 5.69 Å². The van der Waals surface area contributed by atoms with E-state index in [9.17, 15) is 4.79 Å². The molecule has 4 heterocycles. The number of rotatable bonds is 7. The Hall–Kier alpha value is -3.58. The third kappa shape index (κ3) is 4.99. The van der Waals surface area contributed by atoms with Crippen molar-refractivity contribution < 1.29 is 4.79 Å². The Morgan fingerprint density at radius 2 is 1.82 bits per heavy atom. The Bertz CT molecular complexity index is 1250. The highest BCUT2D eigenvalue weighted by Gasteiger charge is 2.20. The van der Waals surface area contributed by atoms with Crippen LogP contribution in [0.4, 0.5) is 0 Å². The molecule has 1 aliphatic heterocycles. The number of hydrogen-bond donors (Lipinski definition) is 1. The van der Waals surface area contributed by atoms with Gasteiger partial charge in [-0.25, -0.2) is 9.50 Å². The van der Waals surface area contributed by atoms with E-state index in [0.29, 0.717) is 23.7 Å². The lowest BCUT2D eigenvalue weighted by Gasteiger charge is -2.32. The summed E-state index contributed by atoms with van der Waals surface area (Å²) >= 11 is 0. The van der Waals surface area contributed by atoms with Crippen molar-refractivity contribution >= 4 is 11.6 Å². The van der Waals surface area contributed by atoms with Crippen LogP contribution in [0.3, 0.4) is 0 Å². The summed E-state index contributed by atoms with van der Waals surface area (Å²) in [5, 5.41) is 7.72. The first-order chi connectivity index (χ1) is 16.7. The summed E-state index contributed by atoms with van der Waals surface area (Å²) in [5.41, 5.74) is 4.94. The highest BCUT2D eigenvalue weighted by atomic mass is 16.1. The van der Waals surface area contributed by atoms with E-state index in [4.69, 9.17) is 0 Å². The molecule has 0 radical (unpaired) electrons. The topological polar surface area (TPSA) is 75.4 Å². The molecule has 5 rings (SSSR count). The molecule has 0 spiro atoms. The normalized spacial score (nSPS) is 15.0. The number of fused-ring (bicyclic) bond motifs is 1. The van der Waals surface area contributed by atoms with Crippen LogP contribution in [-0.2, 0) is 6.54 Å². The molecule has 1 N–H and O–H groups in total. The van der Waals surface area contributed by atoms with Crippen LogP contribution in [0, 0.1) is 12.8 Å². The summed E-state index contributed by atoms with van der Waals surface area (Å²) in [6.45, 7) is 5.84. The molecule has 0 saturated carbocycles. The molecule has 7 nitrogen and oxygen atoms in total. The smallest absolute Gasteiger partial charge is 0.254 e. The number of aryl methyl sites for hydroxylation is 1. The van der Waals surface area contributed by atoms with Crippen LogP contribution in [0.1, 0.15) is 40.9 Å². The van der Waals surface area contributed by atoms with Crippen molar-refractivity contribution in [2.45, 2.75) is 32.7 Å². The predicted molar refractivity (Wildman–Crippen MR) is 132 cm³/mol. The van der Waals surface area contributed by atoms with Crippen LogP contribution < -0.4 is 5.32 Å². The van der Waals surface area contributed by atoms with Gasteiger partial charge in [0, 0.05) is 31.5 Å². The Kier molecular flexibility index (Phi) is 6.62. The van der Waals surface area contributed by atoms with Crippen LogP contribution in [0.15, 0.2) is 67.0 Å². The number of pyridine rings is 1. The molecular weight excluding hydrogens is 424 g/mol. The zero-order chi connectivity index (χ0) is 23.3. The van der Waals surface area contributed by atoms with Gasteiger partial charge in [0.05, 0.1) is 17.0 Å². The monoisotopic (exact) mass is 454 g/mol. The molecule has 1 aromatic carbocycles. The van der Waals surface area contributed by atoms with Gasteiger partial charge in [-0.05, 0) is 62.9 Å². The predicted octanol–water partition coefficient (Wildman–Crippen LogP) is 4.13. The molecule has 1 saturated heterocycles. The fraction of sp³-hybridized carbons (Fsp3) is 0.333. The van der Waals surface area contributed by atoms with Gasteiger partial charge >= 0.3 is 0 Å². The largest absolute Gasteiger partial charge is 0.352 e. The number of nitrogens with one attached hydrogen (secondary N) is 1. The molecule has 34 heavy (non-hydrogen) atoms. The van der Waals surface area contributed by atoms with E-state index in [2.05, 4.69) is 55.6 Å². The fourth-order valence-corrected chi connectivity index (χ4v) is 4.67. The first-order valence-corrected chi connectivity index (χ1v) is 12.0.